The molecule has 0 heterocycles. The third kappa shape index (κ3) is 12.3. The largest absolute Gasteiger partial charge is 0.416 e. The first-order valence-electron chi connectivity index (χ1n) is 16.7. The molecule has 0 saturated carbocycles. The van der Waals surface area contributed by atoms with E-state index in [9.17, 15) is 61.2 Å². The minimum absolute atomic E-state index is 0.00900. The molecule has 0 radical (unpaired) electrons. The second-order valence-electron chi connectivity index (χ2n) is 12.5. The van der Waals surface area contributed by atoms with Gasteiger partial charge in [0.05, 0.1) is 30.7 Å². The monoisotopic (exact) mass is 922 g/mol. The third-order valence-electron chi connectivity index (χ3n) is 7.97. The van der Waals surface area contributed by atoms with Crippen LogP contribution < -0.4 is 22.9 Å². The van der Waals surface area contributed by atoms with Crippen LogP contribution in [-0.2, 0) is 54.7 Å². The van der Waals surface area contributed by atoms with E-state index in [4.69, 9.17) is 22.9 Å². The Labute approximate surface area is 344 Å². The minimum Gasteiger partial charge on any atom is -0.370 e. The second kappa shape index (κ2) is 18.4. The van der Waals surface area contributed by atoms with E-state index in [1.807, 2.05) is 0 Å². The maximum atomic E-state index is 13.1. The van der Waals surface area contributed by atoms with Crippen LogP contribution in [0.25, 0.3) is 0 Å². The van der Waals surface area contributed by atoms with E-state index >= 15 is 0 Å². The van der Waals surface area contributed by atoms with Crippen LogP contribution in [0.4, 0.5) is 26.3 Å². The second-order valence-corrected chi connectivity index (χ2v) is 19.5. The highest BCUT2D eigenvalue weighted by molar-refractivity contribution is 8.00. The molecular formula is C36H36F6N6O8S4. The molecule has 324 valence electrons. The number of hydrogen-bond donors (Lipinski definition) is 4. The van der Waals surface area contributed by atoms with Gasteiger partial charge < -0.3 is 22.9 Å². The molecule has 8 N–H and O–H groups in total. The van der Waals surface area contributed by atoms with E-state index in [0.29, 0.717) is 30.4 Å². The summed E-state index contributed by atoms with van der Waals surface area (Å²) in [5.41, 5.74) is 19.0. The molecule has 0 aromatic heterocycles. The first kappa shape index (κ1) is 48.9. The van der Waals surface area contributed by atoms with E-state index in [1.165, 1.54) is 18.2 Å². The van der Waals surface area contributed by atoms with Gasteiger partial charge in [0.1, 0.15) is 0 Å². The van der Waals surface area contributed by atoms with Crippen molar-refractivity contribution in [2.24, 2.45) is 32.9 Å². The number of alkyl halides is 6. The van der Waals surface area contributed by atoms with Crippen molar-refractivity contribution in [3.8, 4) is 0 Å². The highest BCUT2D eigenvalue weighted by atomic mass is 32.2. The van der Waals surface area contributed by atoms with E-state index in [0.717, 1.165) is 60.5 Å². The highest BCUT2D eigenvalue weighted by Crippen LogP contribution is 2.39. The van der Waals surface area contributed by atoms with Crippen LogP contribution in [0.5, 0.6) is 0 Å². The quantitative estimate of drug-likeness (QED) is 0.0912. The van der Waals surface area contributed by atoms with Gasteiger partial charge in [0.15, 0.2) is 31.6 Å². The van der Waals surface area contributed by atoms with Crippen molar-refractivity contribution in [2.75, 3.05) is 12.5 Å². The number of sulfone groups is 3. The molecule has 4 aromatic rings. The molecule has 0 fully saturated rings. The first-order chi connectivity index (χ1) is 27.4. The van der Waals surface area contributed by atoms with E-state index in [2.05, 4.69) is 9.98 Å². The van der Waals surface area contributed by atoms with Gasteiger partial charge in [-0.1, -0.05) is 37.7 Å². The van der Waals surface area contributed by atoms with Crippen LogP contribution in [0, 0.1) is 0 Å². The van der Waals surface area contributed by atoms with Crippen molar-refractivity contribution in [3.63, 3.8) is 0 Å². The number of rotatable bonds is 10. The Morgan fingerprint density at radius 3 is 1.47 bits per heavy atom. The molecule has 24 heteroatoms. The Morgan fingerprint density at radius 2 is 1.03 bits per heavy atom. The van der Waals surface area contributed by atoms with E-state index < -0.39 is 91.4 Å². The number of carbonyl (C=O) groups excluding carboxylic acids is 2. The summed E-state index contributed by atoms with van der Waals surface area (Å²) in [6.07, 6.45) is -7.26. The summed E-state index contributed by atoms with van der Waals surface area (Å²) in [6.45, 7) is 3.29. The Bertz CT molecular complexity index is 2730. The summed E-state index contributed by atoms with van der Waals surface area (Å²) in [5, 5.41) is 0. The number of halogens is 6. The Morgan fingerprint density at radius 1 is 0.600 bits per heavy atom. The summed E-state index contributed by atoms with van der Waals surface area (Å²) in [4.78, 5) is 29.2. The summed E-state index contributed by atoms with van der Waals surface area (Å²) in [6, 6.07) is 11.8. The molecule has 0 bridgehead atoms. The lowest BCUT2D eigenvalue weighted by Crippen LogP contribution is -2.24. The summed E-state index contributed by atoms with van der Waals surface area (Å²) in [7, 11) is -12.8. The predicted molar refractivity (Wildman–Crippen MR) is 211 cm³/mol. The van der Waals surface area contributed by atoms with Crippen LogP contribution in [0.1, 0.15) is 56.8 Å². The lowest BCUT2D eigenvalue weighted by molar-refractivity contribution is -0.138. The highest BCUT2D eigenvalue weighted by Gasteiger charge is 2.34. The van der Waals surface area contributed by atoms with Gasteiger partial charge in [-0.25, -0.2) is 25.3 Å². The third-order valence-corrected chi connectivity index (χ3v) is 13.3. The summed E-state index contributed by atoms with van der Waals surface area (Å²) in [5.74, 6) is -2.86. The standard InChI is InChI=1S/C18H18F3N3O5S2.C18H18F3N3O3S2/c1-3-10-7-15(14(30(2,26)27)9-13(10)16(25)24-17(22)23)31(28,29)12-6-4-5-11(8-12)18(19,20)21;1-3-10-7-14(28-12-6-4-5-11(8-12)18(19,20)21)15(29(2,26)27)9-13(10)16(25)24-17(22)23/h4-9H,3H2,1-2H3,(H4,22,23,24,25);4-9H,3H2,1-2H3,(H4,22,23,24,25). The number of carbonyl (C=O) groups is 2. The van der Waals surface area contributed by atoms with Crippen LogP contribution in [0.2, 0.25) is 0 Å². The molecule has 0 aliphatic heterocycles. The molecule has 0 saturated heterocycles. The van der Waals surface area contributed by atoms with Crippen LogP contribution >= 0.6 is 11.8 Å². The zero-order valence-corrected chi connectivity index (χ0v) is 35.0. The lowest BCUT2D eigenvalue weighted by atomic mass is 10.0. The molecule has 4 aromatic carbocycles. The average molecular weight is 923 g/mol. The fourth-order valence-electron chi connectivity index (χ4n) is 5.24. The molecule has 2 amide bonds. The molecule has 0 aliphatic rings. The van der Waals surface area contributed by atoms with Crippen molar-refractivity contribution >= 4 is 65.0 Å². The van der Waals surface area contributed by atoms with Gasteiger partial charge in [0.25, 0.3) is 11.8 Å². The zero-order chi connectivity index (χ0) is 45.8. The van der Waals surface area contributed by atoms with Crippen LogP contribution in [-0.4, -0.2) is 61.5 Å². The van der Waals surface area contributed by atoms with Crippen molar-refractivity contribution in [3.05, 3.63) is 106 Å². The molecule has 0 spiro atoms. The number of benzene rings is 4. The van der Waals surface area contributed by atoms with Gasteiger partial charge >= 0.3 is 12.4 Å². The Kier molecular flexibility index (Phi) is 15.0. The molecule has 0 atom stereocenters. The van der Waals surface area contributed by atoms with Crippen molar-refractivity contribution in [2.45, 2.75) is 68.4 Å². The molecule has 60 heavy (non-hydrogen) atoms. The number of amides is 2. The maximum Gasteiger partial charge on any atom is 0.416 e. The predicted octanol–water partition coefficient (Wildman–Crippen LogP) is 5.15. The Hall–Kier alpha value is -5.46. The van der Waals surface area contributed by atoms with Crippen LogP contribution in [0.3, 0.4) is 0 Å². The Balaban J connectivity index is 0.000000321. The number of guanidine groups is 2. The first-order valence-corrected chi connectivity index (χ1v) is 22.8. The van der Waals surface area contributed by atoms with Gasteiger partial charge in [-0.05, 0) is 84.6 Å². The van der Waals surface area contributed by atoms with E-state index in [1.54, 1.807) is 13.8 Å². The number of nitrogens with zero attached hydrogens (tertiary/aromatic N) is 2. The van der Waals surface area contributed by atoms with Crippen LogP contribution in [0.15, 0.2) is 112 Å². The molecule has 0 unspecified atom stereocenters. The minimum atomic E-state index is -4.81. The molecular weight excluding hydrogens is 887 g/mol. The van der Waals surface area contributed by atoms with Gasteiger partial charge in [0.2, 0.25) is 9.84 Å². The SMILES string of the molecule is CCc1cc(S(=O)(=O)c2cccc(C(F)(F)F)c2)c(S(C)(=O)=O)cc1C(=O)N=C(N)N.CCc1cc(Sc2cccc(C(F)(F)F)c2)c(S(C)(=O)=O)cc1C(=O)N=C(N)N. The molecule has 14 nitrogen and oxygen atoms in total. The average Bonchev–Trinajstić information content (AvgIpc) is 3.12. The maximum absolute atomic E-state index is 13.1. The fraction of sp³-hybridized carbons (Fsp3) is 0.222. The van der Waals surface area contributed by atoms with Crippen molar-refractivity contribution in [1.82, 2.24) is 0 Å². The van der Waals surface area contributed by atoms with Gasteiger partial charge in [-0.2, -0.15) is 36.3 Å². The van der Waals surface area contributed by atoms with Crippen molar-refractivity contribution < 1.29 is 61.2 Å². The van der Waals surface area contributed by atoms with Crippen molar-refractivity contribution in [1.29, 1.82) is 0 Å². The summed E-state index contributed by atoms with van der Waals surface area (Å²) < 4.78 is 153. The van der Waals surface area contributed by atoms with E-state index in [-0.39, 0.29) is 37.8 Å². The molecule has 0 aliphatic carbocycles. The smallest absolute Gasteiger partial charge is 0.370 e. The molecule has 4 rings (SSSR count). The van der Waals surface area contributed by atoms with Gasteiger partial charge in [0, 0.05) is 33.4 Å². The topological polar surface area (TPSA) is 265 Å². The van der Waals surface area contributed by atoms with Gasteiger partial charge in [-0.15, -0.1) is 0 Å². The number of nitrogens with two attached hydrogens (primary N) is 4. The number of aryl methyl sites for hydroxylation is 2. The lowest BCUT2D eigenvalue weighted by Gasteiger charge is -2.15. The fourth-order valence-corrected chi connectivity index (χ4v) is 10.5. The zero-order valence-electron chi connectivity index (χ0n) is 31.7. The normalized spacial score (nSPS) is 12.2. The summed E-state index contributed by atoms with van der Waals surface area (Å²) >= 11 is 0.860. The van der Waals surface area contributed by atoms with Gasteiger partial charge in [-0.3, -0.25) is 9.59 Å². The number of aliphatic imine (C=N–C) groups is 2. The number of hydrogen-bond acceptors (Lipinski definition) is 9.